The summed E-state index contributed by atoms with van der Waals surface area (Å²) in [6.07, 6.45) is 1.58. The van der Waals surface area contributed by atoms with Crippen molar-refractivity contribution in [2.24, 2.45) is 0 Å². The van der Waals surface area contributed by atoms with Gasteiger partial charge in [0.2, 0.25) is 0 Å². The molecule has 0 amide bonds. The van der Waals surface area contributed by atoms with E-state index in [2.05, 4.69) is 21.8 Å². The fourth-order valence-electron chi connectivity index (χ4n) is 2.50. The van der Waals surface area contributed by atoms with Gasteiger partial charge in [-0.05, 0) is 26.3 Å². The first-order valence-corrected chi connectivity index (χ1v) is 8.44. The van der Waals surface area contributed by atoms with E-state index in [1.165, 1.54) is 11.7 Å². The van der Waals surface area contributed by atoms with E-state index in [0.717, 1.165) is 11.8 Å². The van der Waals surface area contributed by atoms with E-state index in [1.54, 1.807) is 26.8 Å². The Morgan fingerprint density at radius 2 is 2.12 bits per heavy atom. The lowest BCUT2D eigenvalue weighted by atomic mass is 10.1. The predicted octanol–water partition coefficient (Wildman–Crippen LogP) is 1.85. The standard InChI is InChI=1S/C16H20N4O4S/c1-6-7-20-15(23)18-19-16(20)25-10(4)13(21)12-8(2)11(9(3)17-12)14(22)24-5/h6,10,17H,1,7H2,2-5H3,(H,18,23)/t10-/m0/s1. The van der Waals surface area contributed by atoms with E-state index in [1.807, 2.05) is 0 Å². The second-order valence-electron chi connectivity index (χ2n) is 5.45. The number of hydrogen-bond acceptors (Lipinski definition) is 6. The first kappa shape index (κ1) is 18.8. The van der Waals surface area contributed by atoms with Crippen molar-refractivity contribution in [3.05, 3.63) is 45.7 Å². The van der Waals surface area contributed by atoms with Gasteiger partial charge in [-0.25, -0.2) is 14.7 Å². The zero-order chi connectivity index (χ0) is 18.7. The summed E-state index contributed by atoms with van der Waals surface area (Å²) < 4.78 is 6.15. The van der Waals surface area contributed by atoms with Crippen LogP contribution >= 0.6 is 11.8 Å². The molecule has 0 aliphatic carbocycles. The number of rotatable bonds is 7. The number of ketones is 1. The molecule has 2 N–H and O–H groups in total. The van der Waals surface area contributed by atoms with Crippen LogP contribution in [0.3, 0.4) is 0 Å². The number of nitrogens with one attached hydrogen (secondary N) is 2. The van der Waals surface area contributed by atoms with E-state index in [-0.39, 0.29) is 11.5 Å². The zero-order valence-corrected chi connectivity index (χ0v) is 15.3. The van der Waals surface area contributed by atoms with Crippen LogP contribution in [0.5, 0.6) is 0 Å². The summed E-state index contributed by atoms with van der Waals surface area (Å²) in [7, 11) is 1.30. The van der Waals surface area contributed by atoms with Gasteiger partial charge in [-0.15, -0.1) is 11.7 Å². The Bertz CT molecular complexity index is 877. The number of thioether (sulfide) groups is 1. The molecule has 0 saturated carbocycles. The maximum Gasteiger partial charge on any atom is 0.344 e. The van der Waals surface area contributed by atoms with Gasteiger partial charge in [0.15, 0.2) is 10.9 Å². The number of aromatic nitrogens is 4. The van der Waals surface area contributed by atoms with E-state index in [4.69, 9.17) is 4.74 Å². The maximum atomic E-state index is 12.8. The van der Waals surface area contributed by atoms with Crippen molar-refractivity contribution in [2.45, 2.75) is 37.7 Å². The number of nitrogens with zero attached hydrogens (tertiary/aromatic N) is 2. The lowest BCUT2D eigenvalue weighted by molar-refractivity contribution is 0.0599. The molecule has 25 heavy (non-hydrogen) atoms. The molecular weight excluding hydrogens is 344 g/mol. The third kappa shape index (κ3) is 3.60. The summed E-state index contributed by atoms with van der Waals surface area (Å²) in [6, 6.07) is 0. The molecule has 0 fully saturated rings. The zero-order valence-electron chi connectivity index (χ0n) is 14.5. The van der Waals surface area contributed by atoms with Gasteiger partial charge in [0.1, 0.15) is 0 Å². The van der Waals surface area contributed by atoms with E-state index in [9.17, 15) is 14.4 Å². The Morgan fingerprint density at radius 3 is 2.72 bits per heavy atom. The number of carbonyl (C=O) groups is 2. The molecule has 0 spiro atoms. The first-order valence-electron chi connectivity index (χ1n) is 7.56. The Labute approximate surface area is 148 Å². The number of ether oxygens (including phenoxy) is 1. The molecule has 9 heteroatoms. The van der Waals surface area contributed by atoms with Gasteiger partial charge >= 0.3 is 11.7 Å². The van der Waals surface area contributed by atoms with Crippen molar-refractivity contribution in [3.63, 3.8) is 0 Å². The highest BCUT2D eigenvalue weighted by molar-refractivity contribution is 8.00. The predicted molar refractivity (Wildman–Crippen MR) is 94.3 cm³/mol. The minimum absolute atomic E-state index is 0.193. The third-order valence-corrected chi connectivity index (χ3v) is 4.85. The Hall–Kier alpha value is -2.55. The molecule has 2 aromatic rings. The van der Waals surface area contributed by atoms with Crippen molar-refractivity contribution in [2.75, 3.05) is 7.11 Å². The summed E-state index contributed by atoms with van der Waals surface area (Å²) in [5.41, 5.74) is 1.49. The minimum Gasteiger partial charge on any atom is -0.465 e. The lowest BCUT2D eigenvalue weighted by Crippen LogP contribution is -2.19. The van der Waals surface area contributed by atoms with Crippen molar-refractivity contribution in [1.29, 1.82) is 0 Å². The van der Waals surface area contributed by atoms with Gasteiger partial charge in [0, 0.05) is 12.2 Å². The lowest BCUT2D eigenvalue weighted by Gasteiger charge is -2.10. The molecule has 8 nitrogen and oxygen atoms in total. The number of aromatic amines is 2. The monoisotopic (exact) mass is 364 g/mol. The summed E-state index contributed by atoms with van der Waals surface area (Å²) in [6.45, 7) is 9.03. The highest BCUT2D eigenvalue weighted by Crippen LogP contribution is 2.26. The largest absolute Gasteiger partial charge is 0.465 e. The van der Waals surface area contributed by atoms with Gasteiger partial charge in [0.25, 0.3) is 0 Å². The van der Waals surface area contributed by atoms with Crippen LogP contribution in [0.25, 0.3) is 0 Å². The van der Waals surface area contributed by atoms with Crippen molar-refractivity contribution >= 4 is 23.5 Å². The van der Waals surface area contributed by atoms with E-state index < -0.39 is 11.2 Å². The molecule has 2 heterocycles. The molecule has 0 aliphatic heterocycles. The molecule has 2 aromatic heterocycles. The number of allylic oxidation sites excluding steroid dienone is 1. The normalized spacial score (nSPS) is 12.0. The first-order chi connectivity index (χ1) is 11.8. The number of esters is 1. The van der Waals surface area contributed by atoms with Gasteiger partial charge in [-0.3, -0.25) is 9.36 Å². The van der Waals surface area contributed by atoms with Crippen molar-refractivity contribution in [3.8, 4) is 0 Å². The topological polar surface area (TPSA) is 110 Å². The molecule has 0 radical (unpaired) electrons. The number of aryl methyl sites for hydroxylation is 1. The quantitative estimate of drug-likeness (QED) is 0.336. The SMILES string of the molecule is C=CCn1c(S[C@@H](C)C(=O)c2[nH]c(C)c(C(=O)OC)c2C)n[nH]c1=O. The average Bonchev–Trinajstić information content (AvgIpc) is 3.07. The van der Waals surface area contributed by atoms with E-state index >= 15 is 0 Å². The summed E-state index contributed by atoms with van der Waals surface area (Å²) >= 11 is 1.16. The maximum absolute atomic E-state index is 12.8. The van der Waals surface area contributed by atoms with Crippen molar-refractivity contribution in [1.82, 2.24) is 19.7 Å². The summed E-state index contributed by atoms with van der Waals surface area (Å²) in [5, 5.41) is 6.19. The van der Waals surface area contributed by atoms with Crippen LogP contribution in [0.15, 0.2) is 22.6 Å². The summed E-state index contributed by atoms with van der Waals surface area (Å²) in [5.74, 6) is -0.681. The fraction of sp³-hybridized carbons (Fsp3) is 0.375. The number of methoxy groups -OCH3 is 1. The summed E-state index contributed by atoms with van der Waals surface area (Å²) in [4.78, 5) is 39.3. The Balaban J connectivity index is 2.28. The Morgan fingerprint density at radius 1 is 1.44 bits per heavy atom. The second kappa shape index (κ2) is 7.56. The van der Waals surface area contributed by atoms with Crippen LogP contribution in [0.1, 0.15) is 39.0 Å². The van der Waals surface area contributed by atoms with Crippen LogP contribution in [0.4, 0.5) is 0 Å². The number of carbonyl (C=O) groups excluding carboxylic acids is 2. The molecular formula is C16H20N4O4S. The highest BCUT2D eigenvalue weighted by Gasteiger charge is 2.27. The van der Waals surface area contributed by atoms with Crippen LogP contribution in [-0.2, 0) is 11.3 Å². The minimum atomic E-state index is -0.513. The van der Waals surface area contributed by atoms with Gasteiger partial charge in [-0.2, -0.15) is 0 Å². The highest BCUT2D eigenvalue weighted by atomic mass is 32.2. The van der Waals surface area contributed by atoms with Crippen LogP contribution in [0.2, 0.25) is 0 Å². The molecule has 1 atom stereocenters. The van der Waals surface area contributed by atoms with Crippen LogP contribution in [0, 0.1) is 13.8 Å². The Kier molecular flexibility index (Phi) is 5.68. The molecule has 0 bridgehead atoms. The van der Waals surface area contributed by atoms with Crippen LogP contribution < -0.4 is 5.69 Å². The number of hydrogen-bond donors (Lipinski definition) is 2. The molecule has 134 valence electrons. The average molecular weight is 364 g/mol. The van der Waals surface area contributed by atoms with Crippen LogP contribution in [-0.4, -0.2) is 43.9 Å². The number of H-pyrrole nitrogens is 2. The molecule has 2 rings (SSSR count). The molecule has 0 aliphatic rings. The third-order valence-electron chi connectivity index (χ3n) is 3.76. The second-order valence-corrected chi connectivity index (χ2v) is 6.76. The van der Waals surface area contributed by atoms with Gasteiger partial charge < -0.3 is 9.72 Å². The number of Topliss-reactive ketones (excluding diaryl/α,β-unsaturated/α-hetero) is 1. The van der Waals surface area contributed by atoms with E-state index in [0.29, 0.717) is 34.2 Å². The molecule has 0 saturated heterocycles. The van der Waals surface area contributed by atoms with Gasteiger partial charge in [0.05, 0.1) is 23.6 Å². The fourth-order valence-corrected chi connectivity index (χ4v) is 3.43. The van der Waals surface area contributed by atoms with Gasteiger partial charge in [-0.1, -0.05) is 17.8 Å². The smallest absolute Gasteiger partial charge is 0.344 e. The van der Waals surface area contributed by atoms with Crippen molar-refractivity contribution < 1.29 is 14.3 Å². The molecule has 0 aromatic carbocycles. The molecule has 0 unspecified atom stereocenters.